The topological polar surface area (TPSA) is 80.5 Å². The van der Waals surface area contributed by atoms with Crippen molar-refractivity contribution in [2.24, 2.45) is 5.73 Å². The number of nitrogens with two attached hydrogens (primary N) is 1. The van der Waals surface area contributed by atoms with Gasteiger partial charge in [-0.3, -0.25) is 4.79 Å². The van der Waals surface area contributed by atoms with E-state index in [2.05, 4.69) is 0 Å². The Labute approximate surface area is 112 Å². The summed E-state index contributed by atoms with van der Waals surface area (Å²) in [6, 6.07) is 0. The summed E-state index contributed by atoms with van der Waals surface area (Å²) in [6.07, 6.45) is 2.30. The maximum Gasteiger partial charge on any atom is 0.243 e. The molecule has 7 heteroatoms. The number of hydrogen-bond acceptors (Lipinski definition) is 5. The number of rotatable bonds is 3. The van der Waals surface area contributed by atoms with Crippen molar-refractivity contribution in [2.45, 2.75) is 37.1 Å². The number of thioether (sulfide) groups is 1. The van der Waals surface area contributed by atoms with E-state index in [0.29, 0.717) is 25.1 Å². The molecule has 5 nitrogen and oxygen atoms in total. The van der Waals surface area contributed by atoms with Gasteiger partial charge in [0, 0.05) is 23.8 Å². The standard InChI is InChI=1S/C11H20N2O3S2/c1-2-18(15,16)9-8-17-7-6-13(9)10(14)11(12)4-3-5-11/h9H,2-8,12H2,1H3. The van der Waals surface area contributed by atoms with Crippen molar-refractivity contribution in [3.05, 3.63) is 0 Å². The van der Waals surface area contributed by atoms with Crippen LogP contribution in [0.15, 0.2) is 0 Å². The van der Waals surface area contributed by atoms with E-state index in [9.17, 15) is 13.2 Å². The van der Waals surface area contributed by atoms with Crippen LogP contribution >= 0.6 is 11.8 Å². The van der Waals surface area contributed by atoms with Gasteiger partial charge in [0.1, 0.15) is 5.37 Å². The molecule has 0 aromatic heterocycles. The van der Waals surface area contributed by atoms with Crippen LogP contribution in [0.2, 0.25) is 0 Å². The second-order valence-electron chi connectivity index (χ2n) is 4.99. The molecule has 1 aliphatic carbocycles. The molecular formula is C11H20N2O3S2. The SMILES string of the molecule is CCS(=O)(=O)C1CSCCN1C(=O)C1(N)CCC1. The minimum absolute atomic E-state index is 0.0690. The van der Waals surface area contributed by atoms with E-state index in [0.717, 1.165) is 12.2 Å². The molecule has 0 aromatic carbocycles. The summed E-state index contributed by atoms with van der Waals surface area (Å²) < 4.78 is 24.1. The van der Waals surface area contributed by atoms with Gasteiger partial charge in [-0.25, -0.2) is 8.42 Å². The van der Waals surface area contributed by atoms with Gasteiger partial charge in [-0.05, 0) is 19.3 Å². The maximum atomic E-state index is 12.4. The molecule has 2 rings (SSSR count). The first kappa shape index (κ1) is 14.1. The van der Waals surface area contributed by atoms with Gasteiger partial charge in [0.15, 0.2) is 9.84 Å². The first-order valence-corrected chi connectivity index (χ1v) is 9.17. The van der Waals surface area contributed by atoms with E-state index in [-0.39, 0.29) is 11.7 Å². The van der Waals surface area contributed by atoms with Crippen LogP contribution in [0.1, 0.15) is 26.2 Å². The predicted molar refractivity (Wildman–Crippen MR) is 73.1 cm³/mol. The van der Waals surface area contributed by atoms with Crippen LogP contribution in [0.5, 0.6) is 0 Å². The average molecular weight is 292 g/mol. The molecule has 1 saturated heterocycles. The Morgan fingerprint density at radius 2 is 2.17 bits per heavy atom. The highest BCUT2D eigenvalue weighted by atomic mass is 32.2. The summed E-state index contributed by atoms with van der Waals surface area (Å²) >= 11 is 1.59. The van der Waals surface area contributed by atoms with Gasteiger partial charge >= 0.3 is 0 Å². The van der Waals surface area contributed by atoms with Gasteiger partial charge in [-0.2, -0.15) is 11.8 Å². The first-order chi connectivity index (χ1) is 8.41. The van der Waals surface area contributed by atoms with Gasteiger partial charge in [-0.15, -0.1) is 0 Å². The molecule has 0 bridgehead atoms. The highest BCUT2D eigenvalue weighted by molar-refractivity contribution is 8.01. The Kier molecular flexibility index (Phi) is 3.94. The number of hydrogen-bond donors (Lipinski definition) is 1. The summed E-state index contributed by atoms with van der Waals surface area (Å²) in [5.41, 5.74) is 5.23. The molecular weight excluding hydrogens is 272 g/mol. The van der Waals surface area contributed by atoms with Crippen molar-refractivity contribution >= 4 is 27.5 Å². The Bertz CT molecular complexity index is 432. The molecule has 1 heterocycles. The fraction of sp³-hybridized carbons (Fsp3) is 0.909. The fourth-order valence-electron chi connectivity index (χ4n) is 2.36. The van der Waals surface area contributed by atoms with Crippen molar-refractivity contribution in [3.63, 3.8) is 0 Å². The van der Waals surface area contributed by atoms with E-state index in [1.54, 1.807) is 18.7 Å². The lowest BCUT2D eigenvalue weighted by molar-refractivity contribution is -0.140. The Balaban J connectivity index is 2.21. The molecule has 0 spiro atoms. The van der Waals surface area contributed by atoms with Crippen LogP contribution in [0.25, 0.3) is 0 Å². The smallest absolute Gasteiger partial charge is 0.243 e. The van der Waals surface area contributed by atoms with Crippen molar-refractivity contribution in [2.75, 3.05) is 23.8 Å². The zero-order valence-electron chi connectivity index (χ0n) is 10.6. The second-order valence-corrected chi connectivity index (χ2v) is 8.59. The average Bonchev–Trinajstić information content (AvgIpc) is 2.35. The molecule has 1 unspecified atom stereocenters. The summed E-state index contributed by atoms with van der Waals surface area (Å²) in [5, 5.41) is -0.685. The van der Waals surface area contributed by atoms with Crippen LogP contribution < -0.4 is 5.73 Å². The highest BCUT2D eigenvalue weighted by Gasteiger charge is 2.47. The zero-order chi connectivity index (χ0) is 13.4. The predicted octanol–water partition coefficient (Wildman–Crippen LogP) is 0.204. The zero-order valence-corrected chi connectivity index (χ0v) is 12.2. The third kappa shape index (κ3) is 2.40. The Hall–Kier alpha value is -0.270. The van der Waals surface area contributed by atoms with Gasteiger partial charge in [0.25, 0.3) is 0 Å². The molecule has 1 saturated carbocycles. The third-order valence-electron chi connectivity index (χ3n) is 3.83. The van der Waals surface area contributed by atoms with Crippen molar-refractivity contribution in [3.8, 4) is 0 Å². The second kappa shape index (κ2) is 5.02. The normalized spacial score (nSPS) is 27.7. The first-order valence-electron chi connectivity index (χ1n) is 6.30. The molecule has 1 amide bonds. The fourth-order valence-corrected chi connectivity index (χ4v) is 5.33. The summed E-state index contributed by atoms with van der Waals surface area (Å²) in [7, 11) is -3.23. The molecule has 2 aliphatic rings. The number of amides is 1. The van der Waals surface area contributed by atoms with E-state index in [1.807, 2.05) is 0 Å². The number of carbonyl (C=O) groups excluding carboxylic acids is 1. The van der Waals surface area contributed by atoms with Gasteiger partial charge in [0.05, 0.1) is 5.54 Å². The number of sulfone groups is 1. The lowest BCUT2D eigenvalue weighted by Gasteiger charge is -2.44. The maximum absolute atomic E-state index is 12.4. The van der Waals surface area contributed by atoms with E-state index >= 15 is 0 Å². The molecule has 0 radical (unpaired) electrons. The quantitative estimate of drug-likeness (QED) is 0.804. The monoisotopic (exact) mass is 292 g/mol. The summed E-state index contributed by atoms with van der Waals surface area (Å²) in [5.74, 6) is 1.16. The van der Waals surface area contributed by atoms with Crippen LogP contribution in [0, 0.1) is 0 Å². The molecule has 18 heavy (non-hydrogen) atoms. The lowest BCUT2D eigenvalue weighted by atomic mass is 9.76. The van der Waals surface area contributed by atoms with Crippen LogP contribution in [-0.2, 0) is 14.6 Å². The highest BCUT2D eigenvalue weighted by Crippen LogP contribution is 2.33. The molecule has 1 aliphatic heterocycles. The number of nitrogens with zero attached hydrogens (tertiary/aromatic N) is 1. The Morgan fingerprint density at radius 1 is 1.50 bits per heavy atom. The minimum Gasteiger partial charge on any atom is -0.322 e. The van der Waals surface area contributed by atoms with Gasteiger partial charge < -0.3 is 10.6 Å². The van der Waals surface area contributed by atoms with Crippen LogP contribution in [-0.4, -0.2) is 53.9 Å². The molecule has 0 aromatic rings. The third-order valence-corrected chi connectivity index (χ3v) is 7.12. The minimum atomic E-state index is -3.23. The summed E-state index contributed by atoms with van der Waals surface area (Å²) in [4.78, 5) is 13.9. The van der Waals surface area contributed by atoms with Crippen molar-refractivity contribution in [1.29, 1.82) is 0 Å². The molecule has 1 atom stereocenters. The number of carbonyl (C=O) groups is 1. The molecule has 2 N–H and O–H groups in total. The lowest BCUT2D eigenvalue weighted by Crippen LogP contribution is -2.64. The molecule has 104 valence electrons. The Morgan fingerprint density at radius 3 is 2.67 bits per heavy atom. The summed E-state index contributed by atoms with van der Waals surface area (Å²) in [6.45, 7) is 2.12. The van der Waals surface area contributed by atoms with Crippen molar-refractivity contribution < 1.29 is 13.2 Å². The van der Waals surface area contributed by atoms with Crippen LogP contribution in [0.3, 0.4) is 0 Å². The van der Waals surface area contributed by atoms with Crippen molar-refractivity contribution in [1.82, 2.24) is 4.90 Å². The molecule has 2 fully saturated rings. The largest absolute Gasteiger partial charge is 0.322 e. The van der Waals surface area contributed by atoms with E-state index in [4.69, 9.17) is 5.73 Å². The van der Waals surface area contributed by atoms with Crippen LogP contribution in [0.4, 0.5) is 0 Å². The van der Waals surface area contributed by atoms with Gasteiger partial charge in [-0.1, -0.05) is 6.92 Å². The van der Waals surface area contributed by atoms with E-state index < -0.39 is 20.8 Å². The van der Waals surface area contributed by atoms with E-state index in [1.165, 1.54) is 4.90 Å². The van der Waals surface area contributed by atoms with Gasteiger partial charge in [0.2, 0.25) is 5.91 Å².